The molecular formula is C13H17ClN2O3S. The van der Waals surface area contributed by atoms with Gasteiger partial charge in [-0.3, -0.25) is 0 Å². The van der Waals surface area contributed by atoms with Crippen LogP contribution in [0.25, 0.3) is 0 Å². The molecule has 0 radical (unpaired) electrons. The van der Waals surface area contributed by atoms with Crippen LogP contribution < -0.4 is 5.32 Å². The summed E-state index contributed by atoms with van der Waals surface area (Å²) in [5, 5.41) is 3.34. The first-order chi connectivity index (χ1) is 9.30. The molecule has 1 aromatic carbocycles. The minimum atomic E-state index is -3.00. The van der Waals surface area contributed by atoms with Gasteiger partial charge in [-0.25, -0.2) is 13.2 Å². The number of carbonyl (C=O) groups is 1. The van der Waals surface area contributed by atoms with Gasteiger partial charge in [0.15, 0.2) is 9.84 Å². The molecule has 1 heterocycles. The molecule has 2 amide bonds. The lowest BCUT2D eigenvalue weighted by atomic mass is 10.2. The van der Waals surface area contributed by atoms with Crippen LogP contribution in [0.1, 0.15) is 12.0 Å². The monoisotopic (exact) mass is 316 g/mol. The van der Waals surface area contributed by atoms with E-state index in [1.807, 2.05) is 6.92 Å². The summed E-state index contributed by atoms with van der Waals surface area (Å²) in [6.45, 7) is 1.82. The zero-order valence-corrected chi connectivity index (χ0v) is 13.0. The molecule has 1 aliphatic rings. The van der Waals surface area contributed by atoms with Gasteiger partial charge in [-0.05, 0) is 31.0 Å². The Morgan fingerprint density at radius 3 is 2.75 bits per heavy atom. The molecule has 1 N–H and O–H groups in total. The number of carbonyl (C=O) groups excluding carboxylic acids is 1. The largest absolute Gasteiger partial charge is 0.324 e. The van der Waals surface area contributed by atoms with Crippen molar-refractivity contribution in [3.05, 3.63) is 28.8 Å². The predicted octanol–water partition coefficient (Wildman–Crippen LogP) is 2.30. The second-order valence-electron chi connectivity index (χ2n) is 5.01. The van der Waals surface area contributed by atoms with Gasteiger partial charge in [0.1, 0.15) is 0 Å². The van der Waals surface area contributed by atoms with Crippen LogP contribution in [-0.2, 0) is 9.84 Å². The van der Waals surface area contributed by atoms with E-state index >= 15 is 0 Å². The summed E-state index contributed by atoms with van der Waals surface area (Å²) in [4.78, 5) is 13.6. The maximum atomic E-state index is 12.2. The number of benzene rings is 1. The van der Waals surface area contributed by atoms with Crippen molar-refractivity contribution in [2.75, 3.05) is 23.9 Å². The number of sulfone groups is 1. The highest BCUT2D eigenvalue weighted by molar-refractivity contribution is 7.91. The predicted molar refractivity (Wildman–Crippen MR) is 80.0 cm³/mol. The van der Waals surface area contributed by atoms with Gasteiger partial charge >= 0.3 is 6.03 Å². The van der Waals surface area contributed by atoms with E-state index in [-0.39, 0.29) is 23.6 Å². The zero-order valence-electron chi connectivity index (χ0n) is 11.4. The molecule has 0 saturated carbocycles. The molecule has 110 valence electrons. The minimum absolute atomic E-state index is 0.0332. The fraction of sp³-hybridized carbons (Fsp3) is 0.462. The van der Waals surface area contributed by atoms with Gasteiger partial charge in [-0.2, -0.15) is 0 Å². The summed E-state index contributed by atoms with van der Waals surface area (Å²) in [6.07, 6.45) is 0.487. The van der Waals surface area contributed by atoms with Crippen LogP contribution in [0.15, 0.2) is 18.2 Å². The number of anilines is 1. The highest BCUT2D eigenvalue weighted by Gasteiger charge is 2.32. The Hall–Kier alpha value is -1.27. The molecule has 7 heteroatoms. The number of amides is 2. The summed E-state index contributed by atoms with van der Waals surface area (Å²) < 4.78 is 22.9. The highest BCUT2D eigenvalue weighted by Crippen LogP contribution is 2.24. The molecule has 5 nitrogen and oxygen atoms in total. The fourth-order valence-electron chi connectivity index (χ4n) is 2.19. The second-order valence-corrected chi connectivity index (χ2v) is 7.65. The summed E-state index contributed by atoms with van der Waals surface area (Å²) in [5.74, 6) is 0.178. The van der Waals surface area contributed by atoms with Crippen LogP contribution >= 0.6 is 11.6 Å². The van der Waals surface area contributed by atoms with Crippen molar-refractivity contribution in [1.29, 1.82) is 0 Å². The van der Waals surface area contributed by atoms with E-state index in [0.717, 1.165) is 5.56 Å². The Morgan fingerprint density at radius 2 is 2.15 bits per heavy atom. The number of urea groups is 1. The summed E-state index contributed by atoms with van der Waals surface area (Å²) in [6, 6.07) is 4.68. The average Bonchev–Trinajstić information content (AvgIpc) is 2.74. The van der Waals surface area contributed by atoms with Gasteiger partial charge in [-0.1, -0.05) is 17.7 Å². The number of rotatable bonds is 2. The maximum Gasteiger partial charge on any atom is 0.321 e. The van der Waals surface area contributed by atoms with Gasteiger partial charge < -0.3 is 10.2 Å². The van der Waals surface area contributed by atoms with E-state index in [4.69, 9.17) is 11.6 Å². The van der Waals surface area contributed by atoms with E-state index in [0.29, 0.717) is 17.1 Å². The maximum absolute atomic E-state index is 12.2. The van der Waals surface area contributed by atoms with Crippen LogP contribution in [0.4, 0.5) is 10.5 Å². The van der Waals surface area contributed by atoms with E-state index in [2.05, 4.69) is 5.32 Å². The number of nitrogens with zero attached hydrogens (tertiary/aromatic N) is 1. The van der Waals surface area contributed by atoms with Crippen molar-refractivity contribution in [3.63, 3.8) is 0 Å². The van der Waals surface area contributed by atoms with Crippen molar-refractivity contribution >= 4 is 33.2 Å². The molecule has 1 unspecified atom stereocenters. The number of hydrogen-bond acceptors (Lipinski definition) is 3. The third kappa shape index (κ3) is 3.24. The van der Waals surface area contributed by atoms with Crippen molar-refractivity contribution < 1.29 is 13.2 Å². The van der Waals surface area contributed by atoms with E-state index in [1.54, 1.807) is 25.2 Å². The van der Waals surface area contributed by atoms with Crippen LogP contribution in [0.5, 0.6) is 0 Å². The van der Waals surface area contributed by atoms with Gasteiger partial charge in [0.25, 0.3) is 0 Å². The molecule has 1 aromatic rings. The number of nitrogens with one attached hydrogen (secondary N) is 1. The summed E-state index contributed by atoms with van der Waals surface area (Å²) in [7, 11) is -1.39. The average molecular weight is 317 g/mol. The van der Waals surface area contributed by atoms with Crippen LogP contribution in [0.3, 0.4) is 0 Å². The molecule has 1 aliphatic heterocycles. The molecule has 0 spiro atoms. The minimum Gasteiger partial charge on any atom is -0.324 e. The van der Waals surface area contributed by atoms with Crippen molar-refractivity contribution in [1.82, 2.24) is 4.90 Å². The Balaban J connectivity index is 2.07. The van der Waals surface area contributed by atoms with Gasteiger partial charge in [0, 0.05) is 23.8 Å². The van der Waals surface area contributed by atoms with Crippen LogP contribution in [0, 0.1) is 6.92 Å². The fourth-order valence-corrected chi connectivity index (χ4v) is 4.14. The first-order valence-electron chi connectivity index (χ1n) is 6.29. The molecule has 0 bridgehead atoms. The van der Waals surface area contributed by atoms with E-state index < -0.39 is 9.84 Å². The lowest BCUT2D eigenvalue weighted by Gasteiger charge is -2.24. The Bertz CT molecular complexity index is 631. The van der Waals surface area contributed by atoms with Crippen molar-refractivity contribution in [3.8, 4) is 0 Å². The first kappa shape index (κ1) is 15.1. The number of halogens is 1. The van der Waals surface area contributed by atoms with Crippen LogP contribution in [-0.4, -0.2) is 43.9 Å². The topological polar surface area (TPSA) is 66.5 Å². The molecular weight excluding hydrogens is 300 g/mol. The molecule has 20 heavy (non-hydrogen) atoms. The lowest BCUT2D eigenvalue weighted by Crippen LogP contribution is -2.40. The first-order valence-corrected chi connectivity index (χ1v) is 8.49. The Kier molecular flexibility index (Phi) is 4.25. The quantitative estimate of drug-likeness (QED) is 0.910. The van der Waals surface area contributed by atoms with Crippen molar-refractivity contribution in [2.24, 2.45) is 0 Å². The lowest BCUT2D eigenvalue weighted by molar-refractivity contribution is 0.209. The number of hydrogen-bond donors (Lipinski definition) is 1. The summed E-state index contributed by atoms with van der Waals surface area (Å²) >= 11 is 6.00. The molecule has 0 aliphatic carbocycles. The Morgan fingerprint density at radius 1 is 1.45 bits per heavy atom. The molecule has 2 rings (SSSR count). The SMILES string of the molecule is Cc1c(Cl)cccc1NC(=O)N(C)C1CCS(=O)(=O)C1. The Labute approximate surface area is 123 Å². The van der Waals surface area contributed by atoms with Crippen LogP contribution in [0.2, 0.25) is 5.02 Å². The standard InChI is InChI=1S/C13H17ClN2O3S/c1-9-11(14)4-3-5-12(9)15-13(17)16(2)10-6-7-20(18,19)8-10/h3-5,10H,6-8H2,1-2H3,(H,15,17). The normalized spacial score (nSPS) is 20.6. The van der Waals surface area contributed by atoms with Gasteiger partial charge in [0.05, 0.1) is 11.5 Å². The van der Waals surface area contributed by atoms with Crippen molar-refractivity contribution in [2.45, 2.75) is 19.4 Å². The molecule has 0 aromatic heterocycles. The molecule has 1 atom stereocenters. The zero-order chi connectivity index (χ0) is 14.9. The third-order valence-corrected chi connectivity index (χ3v) is 5.75. The molecule has 1 saturated heterocycles. The highest BCUT2D eigenvalue weighted by atomic mass is 35.5. The molecule has 1 fully saturated rings. The van der Waals surface area contributed by atoms with E-state index in [9.17, 15) is 13.2 Å². The smallest absolute Gasteiger partial charge is 0.321 e. The summed E-state index contributed by atoms with van der Waals surface area (Å²) in [5.41, 5.74) is 1.42. The van der Waals surface area contributed by atoms with Gasteiger partial charge in [0.2, 0.25) is 0 Å². The van der Waals surface area contributed by atoms with E-state index in [1.165, 1.54) is 4.90 Å². The second kappa shape index (κ2) is 5.61. The van der Waals surface area contributed by atoms with Gasteiger partial charge in [-0.15, -0.1) is 0 Å². The third-order valence-electron chi connectivity index (χ3n) is 3.59.